The summed E-state index contributed by atoms with van der Waals surface area (Å²) in [5.74, 6) is 0.414. The normalized spacial score (nSPS) is 11.7. The molecule has 2 aromatic rings. The summed E-state index contributed by atoms with van der Waals surface area (Å²) in [6.07, 6.45) is 2.83. The Morgan fingerprint density at radius 1 is 1.14 bits per heavy atom. The molecule has 0 fully saturated rings. The number of aromatic nitrogens is 2. The van der Waals surface area contributed by atoms with Crippen molar-refractivity contribution in [3.8, 4) is 0 Å². The van der Waals surface area contributed by atoms with Crippen LogP contribution in [-0.2, 0) is 16.1 Å². The zero-order chi connectivity index (χ0) is 15.6. The largest absolute Gasteiger partial charge is 0.364 e. The van der Waals surface area contributed by atoms with E-state index in [1.807, 2.05) is 30.3 Å². The van der Waals surface area contributed by atoms with Crippen LogP contribution in [0.3, 0.4) is 0 Å². The zero-order valence-corrected chi connectivity index (χ0v) is 12.5. The van der Waals surface area contributed by atoms with E-state index in [-0.39, 0.29) is 5.91 Å². The second-order valence-electron chi connectivity index (χ2n) is 4.73. The van der Waals surface area contributed by atoms with Crippen molar-refractivity contribution < 1.29 is 9.53 Å². The van der Waals surface area contributed by atoms with Crippen molar-refractivity contribution in [2.75, 3.05) is 18.4 Å². The van der Waals surface area contributed by atoms with E-state index < -0.39 is 6.10 Å². The third-order valence-corrected chi connectivity index (χ3v) is 2.99. The second-order valence-corrected chi connectivity index (χ2v) is 4.73. The van der Waals surface area contributed by atoms with E-state index in [1.54, 1.807) is 25.4 Å². The first kappa shape index (κ1) is 15.9. The van der Waals surface area contributed by atoms with Crippen LogP contribution in [0.25, 0.3) is 0 Å². The topological polar surface area (TPSA) is 76.1 Å². The zero-order valence-electron chi connectivity index (χ0n) is 12.5. The van der Waals surface area contributed by atoms with Gasteiger partial charge in [-0.15, -0.1) is 0 Å². The Bertz CT molecular complexity index is 563. The molecule has 0 aliphatic carbocycles. The fraction of sp³-hybridized carbons (Fsp3) is 0.312. The van der Waals surface area contributed by atoms with Crippen molar-refractivity contribution in [1.29, 1.82) is 0 Å². The predicted molar refractivity (Wildman–Crippen MR) is 84.2 cm³/mol. The molecule has 1 aromatic carbocycles. The average molecular weight is 300 g/mol. The van der Waals surface area contributed by atoms with Gasteiger partial charge >= 0.3 is 0 Å². The molecule has 0 aliphatic rings. The van der Waals surface area contributed by atoms with Gasteiger partial charge < -0.3 is 15.4 Å². The van der Waals surface area contributed by atoms with Crippen LogP contribution < -0.4 is 10.6 Å². The Balaban J connectivity index is 1.62. The number of ether oxygens (including phenoxy) is 1. The van der Waals surface area contributed by atoms with Gasteiger partial charge in [0.25, 0.3) is 0 Å². The van der Waals surface area contributed by atoms with Crippen LogP contribution in [0.4, 0.5) is 5.95 Å². The summed E-state index contributed by atoms with van der Waals surface area (Å²) in [6, 6.07) is 11.5. The molecule has 0 saturated carbocycles. The smallest absolute Gasteiger partial charge is 0.248 e. The number of hydrogen-bond donors (Lipinski definition) is 2. The van der Waals surface area contributed by atoms with Crippen LogP contribution in [0.2, 0.25) is 0 Å². The number of hydrogen-bond acceptors (Lipinski definition) is 5. The number of carbonyl (C=O) groups excluding carboxylic acids is 1. The van der Waals surface area contributed by atoms with E-state index >= 15 is 0 Å². The Kier molecular flexibility index (Phi) is 6.32. The van der Waals surface area contributed by atoms with Crippen LogP contribution in [0.5, 0.6) is 0 Å². The van der Waals surface area contributed by atoms with Gasteiger partial charge in [0, 0.05) is 25.5 Å². The molecule has 6 nitrogen and oxygen atoms in total. The lowest BCUT2D eigenvalue weighted by molar-refractivity contribution is -0.132. The molecular weight excluding hydrogens is 280 g/mol. The second kappa shape index (κ2) is 8.74. The minimum Gasteiger partial charge on any atom is -0.364 e. The molecule has 0 spiro atoms. The molecule has 2 N–H and O–H groups in total. The van der Waals surface area contributed by atoms with E-state index in [4.69, 9.17) is 4.74 Å². The van der Waals surface area contributed by atoms with Crippen molar-refractivity contribution in [2.45, 2.75) is 19.6 Å². The highest BCUT2D eigenvalue weighted by Gasteiger charge is 2.12. The summed E-state index contributed by atoms with van der Waals surface area (Å²) in [6.45, 7) is 3.20. The minimum absolute atomic E-state index is 0.133. The third-order valence-electron chi connectivity index (χ3n) is 2.99. The van der Waals surface area contributed by atoms with Crippen molar-refractivity contribution in [3.05, 3.63) is 54.4 Å². The van der Waals surface area contributed by atoms with Crippen molar-refractivity contribution in [3.63, 3.8) is 0 Å². The minimum atomic E-state index is -0.492. The number of anilines is 1. The van der Waals surface area contributed by atoms with Gasteiger partial charge in [-0.3, -0.25) is 4.79 Å². The van der Waals surface area contributed by atoms with E-state index in [9.17, 15) is 4.79 Å². The summed E-state index contributed by atoms with van der Waals surface area (Å²) >= 11 is 0. The Hall–Kier alpha value is -2.47. The van der Waals surface area contributed by atoms with Gasteiger partial charge in [-0.25, -0.2) is 9.97 Å². The molecule has 0 aliphatic heterocycles. The van der Waals surface area contributed by atoms with Crippen LogP contribution in [0, 0.1) is 0 Å². The van der Waals surface area contributed by atoms with Crippen LogP contribution in [-0.4, -0.2) is 35.1 Å². The maximum atomic E-state index is 11.9. The highest BCUT2D eigenvalue weighted by atomic mass is 16.5. The Morgan fingerprint density at radius 3 is 2.59 bits per heavy atom. The molecule has 116 valence electrons. The highest BCUT2D eigenvalue weighted by Crippen LogP contribution is 2.03. The van der Waals surface area contributed by atoms with Crippen LogP contribution >= 0.6 is 0 Å². The van der Waals surface area contributed by atoms with Gasteiger partial charge in [0.2, 0.25) is 11.9 Å². The molecular formula is C16H20N4O2. The number of rotatable bonds is 8. The quantitative estimate of drug-likeness (QED) is 0.724. The van der Waals surface area contributed by atoms with Gasteiger partial charge in [-0.2, -0.15) is 0 Å². The van der Waals surface area contributed by atoms with Gasteiger partial charge in [0.1, 0.15) is 6.10 Å². The number of amides is 1. The summed E-state index contributed by atoms with van der Waals surface area (Å²) in [5.41, 5.74) is 1.05. The van der Waals surface area contributed by atoms with Gasteiger partial charge in [-0.1, -0.05) is 30.3 Å². The van der Waals surface area contributed by atoms with Gasteiger partial charge in [-0.05, 0) is 18.6 Å². The first-order valence-corrected chi connectivity index (χ1v) is 7.20. The first-order chi connectivity index (χ1) is 10.8. The maximum absolute atomic E-state index is 11.9. The van der Waals surface area contributed by atoms with Crippen LogP contribution in [0.1, 0.15) is 12.5 Å². The highest BCUT2D eigenvalue weighted by molar-refractivity contribution is 5.80. The molecule has 0 radical (unpaired) electrons. The maximum Gasteiger partial charge on any atom is 0.248 e. The molecule has 0 bridgehead atoms. The predicted octanol–water partition coefficient (Wildman–Crippen LogP) is 1.61. The number of carbonyl (C=O) groups is 1. The van der Waals surface area contributed by atoms with Crippen molar-refractivity contribution in [2.24, 2.45) is 0 Å². The Labute approximate surface area is 129 Å². The van der Waals surface area contributed by atoms with Gasteiger partial charge in [0.15, 0.2) is 0 Å². The molecule has 1 aromatic heterocycles. The molecule has 1 amide bonds. The summed E-state index contributed by atoms with van der Waals surface area (Å²) in [5, 5.41) is 5.83. The van der Waals surface area contributed by atoms with E-state index in [2.05, 4.69) is 20.6 Å². The van der Waals surface area contributed by atoms with E-state index in [1.165, 1.54) is 0 Å². The fourth-order valence-corrected chi connectivity index (χ4v) is 1.77. The molecule has 6 heteroatoms. The number of nitrogens with one attached hydrogen (secondary N) is 2. The van der Waals surface area contributed by atoms with Crippen molar-refractivity contribution in [1.82, 2.24) is 15.3 Å². The SMILES string of the molecule is CC(OCc1ccccc1)C(=O)NCCNc1ncccn1. The number of nitrogens with zero attached hydrogens (tertiary/aromatic N) is 2. The van der Waals surface area contributed by atoms with E-state index in [0.29, 0.717) is 25.6 Å². The molecule has 22 heavy (non-hydrogen) atoms. The summed E-state index contributed by atoms with van der Waals surface area (Å²) < 4.78 is 5.55. The summed E-state index contributed by atoms with van der Waals surface area (Å²) in [4.78, 5) is 19.9. The lowest BCUT2D eigenvalue weighted by atomic mass is 10.2. The molecule has 1 unspecified atom stereocenters. The molecule has 1 atom stereocenters. The van der Waals surface area contributed by atoms with Gasteiger partial charge in [0.05, 0.1) is 6.61 Å². The lowest BCUT2D eigenvalue weighted by Gasteiger charge is -2.13. The molecule has 0 saturated heterocycles. The fourth-order valence-electron chi connectivity index (χ4n) is 1.77. The first-order valence-electron chi connectivity index (χ1n) is 7.20. The summed E-state index contributed by atoms with van der Waals surface area (Å²) in [7, 11) is 0. The molecule has 2 rings (SSSR count). The van der Waals surface area contributed by atoms with Crippen LogP contribution in [0.15, 0.2) is 48.8 Å². The van der Waals surface area contributed by atoms with Crippen molar-refractivity contribution >= 4 is 11.9 Å². The Morgan fingerprint density at radius 2 is 1.86 bits per heavy atom. The average Bonchev–Trinajstić information content (AvgIpc) is 2.58. The standard InChI is InChI=1S/C16H20N4O2/c1-13(22-12-14-6-3-2-4-7-14)15(21)17-10-11-20-16-18-8-5-9-19-16/h2-9,13H,10-12H2,1H3,(H,17,21)(H,18,19,20). The molecule has 1 heterocycles. The monoisotopic (exact) mass is 300 g/mol. The lowest BCUT2D eigenvalue weighted by Crippen LogP contribution is -2.37. The number of benzene rings is 1. The third kappa shape index (κ3) is 5.49. The van der Waals surface area contributed by atoms with E-state index in [0.717, 1.165) is 5.56 Å².